The van der Waals surface area contributed by atoms with Gasteiger partial charge in [-0.25, -0.2) is 0 Å². The predicted molar refractivity (Wildman–Crippen MR) is 89.2 cm³/mol. The fraction of sp³-hybridized carbons (Fsp3) is 0.333. The minimum absolute atomic E-state index is 0.228. The Morgan fingerprint density at radius 3 is 2.12 bits per heavy atom. The standard InChI is InChI=1S/C18H21NO5/c1-20-14-4-12(5-15(8-14)21-2)9-19-10-13-6-16(22-3)18-17(7-13)23-11-24-18/h4-8,19H,9-11H2,1-3H3. The normalized spacial score (nSPS) is 12.1. The van der Waals surface area contributed by atoms with Crippen LogP contribution in [0.5, 0.6) is 28.7 Å². The largest absolute Gasteiger partial charge is 0.497 e. The summed E-state index contributed by atoms with van der Waals surface area (Å²) in [7, 11) is 4.91. The minimum atomic E-state index is 0.228. The first-order valence-corrected chi connectivity index (χ1v) is 7.62. The number of methoxy groups -OCH3 is 3. The Labute approximate surface area is 141 Å². The van der Waals surface area contributed by atoms with Crippen LogP contribution in [-0.2, 0) is 13.1 Å². The molecule has 3 rings (SSSR count). The Hall–Kier alpha value is -2.60. The molecule has 0 radical (unpaired) electrons. The van der Waals surface area contributed by atoms with Crippen molar-refractivity contribution >= 4 is 0 Å². The van der Waals surface area contributed by atoms with Crippen LogP contribution in [0, 0.1) is 0 Å². The van der Waals surface area contributed by atoms with E-state index in [0.717, 1.165) is 22.6 Å². The molecule has 0 aliphatic carbocycles. The molecule has 2 aromatic carbocycles. The Morgan fingerprint density at radius 2 is 1.50 bits per heavy atom. The molecule has 6 heteroatoms. The quantitative estimate of drug-likeness (QED) is 0.842. The molecule has 128 valence electrons. The number of nitrogens with one attached hydrogen (secondary N) is 1. The van der Waals surface area contributed by atoms with Crippen molar-refractivity contribution in [2.75, 3.05) is 28.1 Å². The van der Waals surface area contributed by atoms with Crippen molar-refractivity contribution in [3.8, 4) is 28.7 Å². The first kappa shape index (κ1) is 16.3. The van der Waals surface area contributed by atoms with E-state index in [1.807, 2.05) is 30.3 Å². The van der Waals surface area contributed by atoms with Gasteiger partial charge in [0.25, 0.3) is 0 Å². The maximum Gasteiger partial charge on any atom is 0.231 e. The first-order chi connectivity index (χ1) is 11.7. The number of rotatable bonds is 7. The highest BCUT2D eigenvalue weighted by Gasteiger charge is 2.19. The molecule has 1 aliphatic heterocycles. The zero-order chi connectivity index (χ0) is 16.9. The van der Waals surface area contributed by atoms with Gasteiger partial charge in [-0.15, -0.1) is 0 Å². The van der Waals surface area contributed by atoms with Gasteiger partial charge in [-0.05, 0) is 35.4 Å². The van der Waals surface area contributed by atoms with Crippen LogP contribution in [-0.4, -0.2) is 28.1 Å². The molecule has 0 saturated carbocycles. The van der Waals surface area contributed by atoms with Crippen molar-refractivity contribution in [2.24, 2.45) is 0 Å². The molecule has 0 bridgehead atoms. The monoisotopic (exact) mass is 331 g/mol. The van der Waals surface area contributed by atoms with E-state index < -0.39 is 0 Å². The molecule has 0 atom stereocenters. The van der Waals surface area contributed by atoms with Crippen LogP contribution >= 0.6 is 0 Å². The molecule has 0 unspecified atom stereocenters. The molecular weight excluding hydrogens is 310 g/mol. The molecule has 6 nitrogen and oxygen atoms in total. The third kappa shape index (κ3) is 3.49. The topological polar surface area (TPSA) is 58.2 Å². The Morgan fingerprint density at radius 1 is 0.833 bits per heavy atom. The summed E-state index contributed by atoms with van der Waals surface area (Å²) in [5, 5.41) is 3.40. The second kappa shape index (κ2) is 7.31. The lowest BCUT2D eigenvalue weighted by Crippen LogP contribution is -2.13. The summed E-state index contributed by atoms with van der Waals surface area (Å²) in [4.78, 5) is 0. The lowest BCUT2D eigenvalue weighted by molar-refractivity contribution is 0.171. The highest BCUT2D eigenvalue weighted by atomic mass is 16.7. The molecule has 1 heterocycles. The first-order valence-electron chi connectivity index (χ1n) is 7.62. The minimum Gasteiger partial charge on any atom is -0.497 e. The SMILES string of the molecule is COc1cc(CNCc2cc(OC)c3c(c2)OCO3)cc(OC)c1. The van der Waals surface area contributed by atoms with Gasteiger partial charge in [0.15, 0.2) is 11.5 Å². The van der Waals surface area contributed by atoms with E-state index in [2.05, 4.69) is 5.32 Å². The van der Waals surface area contributed by atoms with Gasteiger partial charge in [0.1, 0.15) is 11.5 Å². The zero-order valence-corrected chi connectivity index (χ0v) is 14.0. The second-order valence-electron chi connectivity index (χ2n) is 5.36. The summed E-state index contributed by atoms with van der Waals surface area (Å²) in [6.45, 7) is 1.59. The number of hydrogen-bond acceptors (Lipinski definition) is 6. The van der Waals surface area contributed by atoms with Gasteiger partial charge in [0, 0.05) is 19.2 Å². The van der Waals surface area contributed by atoms with E-state index in [-0.39, 0.29) is 6.79 Å². The summed E-state index contributed by atoms with van der Waals surface area (Å²) >= 11 is 0. The molecule has 0 fully saturated rings. The Kier molecular flexibility index (Phi) is 4.96. The van der Waals surface area contributed by atoms with Crippen molar-refractivity contribution in [3.05, 3.63) is 41.5 Å². The average Bonchev–Trinajstić information content (AvgIpc) is 3.09. The molecule has 0 spiro atoms. The maximum atomic E-state index is 5.44. The molecule has 0 amide bonds. The molecule has 0 aromatic heterocycles. The van der Waals surface area contributed by atoms with Gasteiger partial charge in [-0.3, -0.25) is 0 Å². The summed E-state index contributed by atoms with van der Waals surface area (Å²) in [5.41, 5.74) is 2.14. The van der Waals surface area contributed by atoms with E-state index in [4.69, 9.17) is 23.7 Å². The van der Waals surface area contributed by atoms with Crippen LogP contribution < -0.4 is 29.0 Å². The number of fused-ring (bicyclic) bond motifs is 1. The number of ether oxygens (including phenoxy) is 5. The van der Waals surface area contributed by atoms with Gasteiger partial charge in [-0.1, -0.05) is 0 Å². The lowest BCUT2D eigenvalue weighted by atomic mass is 10.1. The molecule has 1 aliphatic rings. The van der Waals surface area contributed by atoms with Crippen LogP contribution in [0.3, 0.4) is 0 Å². The van der Waals surface area contributed by atoms with Gasteiger partial charge < -0.3 is 29.0 Å². The lowest BCUT2D eigenvalue weighted by Gasteiger charge is -2.11. The van der Waals surface area contributed by atoms with Crippen LogP contribution in [0.25, 0.3) is 0 Å². The molecule has 0 saturated heterocycles. The predicted octanol–water partition coefficient (Wildman–Crippen LogP) is 2.73. The van der Waals surface area contributed by atoms with Crippen molar-refractivity contribution in [2.45, 2.75) is 13.1 Å². The second-order valence-corrected chi connectivity index (χ2v) is 5.36. The molecular formula is C18H21NO5. The van der Waals surface area contributed by atoms with Crippen molar-refractivity contribution < 1.29 is 23.7 Å². The van der Waals surface area contributed by atoms with E-state index in [9.17, 15) is 0 Å². The van der Waals surface area contributed by atoms with E-state index in [1.54, 1.807) is 21.3 Å². The smallest absolute Gasteiger partial charge is 0.231 e. The number of benzene rings is 2. The van der Waals surface area contributed by atoms with E-state index in [0.29, 0.717) is 30.3 Å². The fourth-order valence-corrected chi connectivity index (χ4v) is 2.61. The molecule has 1 N–H and O–H groups in total. The van der Waals surface area contributed by atoms with E-state index >= 15 is 0 Å². The summed E-state index contributed by atoms with van der Waals surface area (Å²) in [5.74, 6) is 3.62. The number of hydrogen-bond donors (Lipinski definition) is 1. The highest BCUT2D eigenvalue weighted by molar-refractivity contribution is 5.55. The Balaban J connectivity index is 1.67. The van der Waals surface area contributed by atoms with Gasteiger partial charge in [-0.2, -0.15) is 0 Å². The van der Waals surface area contributed by atoms with Gasteiger partial charge in [0.05, 0.1) is 21.3 Å². The van der Waals surface area contributed by atoms with Gasteiger partial charge in [0.2, 0.25) is 12.5 Å². The van der Waals surface area contributed by atoms with Crippen molar-refractivity contribution in [1.82, 2.24) is 5.32 Å². The van der Waals surface area contributed by atoms with E-state index in [1.165, 1.54) is 0 Å². The highest BCUT2D eigenvalue weighted by Crippen LogP contribution is 2.41. The summed E-state index contributed by atoms with van der Waals surface area (Å²) < 4.78 is 26.8. The zero-order valence-electron chi connectivity index (χ0n) is 14.0. The van der Waals surface area contributed by atoms with Crippen LogP contribution in [0.1, 0.15) is 11.1 Å². The van der Waals surface area contributed by atoms with Crippen LogP contribution in [0.15, 0.2) is 30.3 Å². The molecule has 2 aromatic rings. The fourth-order valence-electron chi connectivity index (χ4n) is 2.61. The van der Waals surface area contributed by atoms with Crippen LogP contribution in [0.2, 0.25) is 0 Å². The Bertz CT molecular complexity index is 695. The summed E-state index contributed by atoms with van der Waals surface area (Å²) in [6, 6.07) is 9.73. The van der Waals surface area contributed by atoms with Crippen LogP contribution in [0.4, 0.5) is 0 Å². The van der Waals surface area contributed by atoms with Gasteiger partial charge >= 0.3 is 0 Å². The summed E-state index contributed by atoms with van der Waals surface area (Å²) in [6.07, 6.45) is 0. The third-order valence-corrected chi connectivity index (χ3v) is 3.79. The van der Waals surface area contributed by atoms with Crippen molar-refractivity contribution in [1.29, 1.82) is 0 Å². The molecule has 24 heavy (non-hydrogen) atoms. The van der Waals surface area contributed by atoms with Crippen molar-refractivity contribution in [3.63, 3.8) is 0 Å². The maximum absolute atomic E-state index is 5.44. The third-order valence-electron chi connectivity index (χ3n) is 3.79. The average molecular weight is 331 g/mol.